The fraction of sp³-hybridized carbons (Fsp3) is 0.250. The molecule has 0 unspecified atom stereocenters. The highest BCUT2D eigenvalue weighted by Crippen LogP contribution is 2.25. The van der Waals surface area contributed by atoms with E-state index in [1.54, 1.807) is 0 Å². The Hall–Kier alpha value is -3.23. The summed E-state index contributed by atoms with van der Waals surface area (Å²) in [7, 11) is 0. The van der Waals surface area contributed by atoms with E-state index in [4.69, 9.17) is 0 Å². The number of benzene rings is 2. The summed E-state index contributed by atoms with van der Waals surface area (Å²) in [6, 6.07) is 8.03. The minimum Gasteiger partial charge on any atom is -0.274 e. The molecule has 2 aromatic rings. The van der Waals surface area contributed by atoms with Crippen LogP contribution < -0.4 is 0 Å². The molecule has 1 aliphatic heterocycles. The molecule has 1 fully saturated rings. The van der Waals surface area contributed by atoms with Crippen LogP contribution in [0.25, 0.3) is 0 Å². The largest absolute Gasteiger partial charge is 0.333 e. The first-order chi connectivity index (χ1) is 13.8. The lowest BCUT2D eigenvalue weighted by Gasteiger charge is -2.34. The van der Waals surface area contributed by atoms with Crippen LogP contribution in [-0.4, -0.2) is 40.7 Å². The van der Waals surface area contributed by atoms with Crippen molar-refractivity contribution in [3.8, 4) is 0 Å². The molecule has 2 atom stereocenters. The molecule has 0 aromatic heterocycles. The average Bonchev–Trinajstić information content (AvgIpc) is 2.68. The third-order valence-corrected chi connectivity index (χ3v) is 4.47. The summed E-state index contributed by atoms with van der Waals surface area (Å²) in [4.78, 5) is 37.7. The van der Waals surface area contributed by atoms with Crippen LogP contribution in [0.3, 0.4) is 0 Å². The second-order valence-corrected chi connectivity index (χ2v) is 6.51. The van der Waals surface area contributed by atoms with Gasteiger partial charge in [0, 0.05) is 0 Å². The summed E-state index contributed by atoms with van der Waals surface area (Å²) >= 11 is 0. The summed E-state index contributed by atoms with van der Waals surface area (Å²) < 4.78 is 55.6. The first kappa shape index (κ1) is 20.5. The van der Waals surface area contributed by atoms with Crippen LogP contribution in [0.4, 0.5) is 22.4 Å². The maximum absolute atomic E-state index is 14.5. The maximum Gasteiger partial charge on any atom is 0.333 e. The zero-order valence-electron chi connectivity index (χ0n) is 15.0. The molecule has 0 radical (unpaired) electrons. The Labute approximate surface area is 163 Å². The van der Waals surface area contributed by atoms with Gasteiger partial charge in [0.15, 0.2) is 0 Å². The zero-order valence-corrected chi connectivity index (χ0v) is 15.0. The first-order valence-corrected chi connectivity index (χ1v) is 8.70. The van der Waals surface area contributed by atoms with E-state index in [1.807, 2.05) is 0 Å². The number of hydrogen-bond acceptors (Lipinski definition) is 3. The van der Waals surface area contributed by atoms with Gasteiger partial charge >= 0.3 is 6.03 Å². The van der Waals surface area contributed by atoms with E-state index in [9.17, 15) is 31.9 Å². The molecule has 152 valence electrons. The van der Waals surface area contributed by atoms with Crippen molar-refractivity contribution in [2.75, 3.05) is 13.1 Å². The van der Waals surface area contributed by atoms with Gasteiger partial charge in [-0.3, -0.25) is 19.4 Å². The Bertz CT molecular complexity index is 879. The lowest BCUT2D eigenvalue weighted by atomic mass is 10.1. The molecule has 5 nitrogen and oxygen atoms in total. The number of carbonyl (C=O) groups is 3. The molecule has 9 heteroatoms. The molecule has 3 rings (SSSR count). The number of imide groups is 2. The Morgan fingerprint density at radius 2 is 1.17 bits per heavy atom. The lowest BCUT2D eigenvalue weighted by molar-refractivity contribution is -0.143. The predicted molar refractivity (Wildman–Crippen MR) is 93.9 cm³/mol. The highest BCUT2D eigenvalue weighted by atomic mass is 19.1. The molecular weight excluding hydrogens is 392 g/mol. The van der Waals surface area contributed by atoms with Gasteiger partial charge in [-0.05, 0) is 35.4 Å². The molecule has 0 saturated carbocycles. The van der Waals surface area contributed by atoms with E-state index >= 15 is 0 Å². The van der Waals surface area contributed by atoms with Gasteiger partial charge in [0.25, 0.3) is 0 Å². The van der Waals surface area contributed by atoms with Gasteiger partial charge in [0.05, 0.1) is 13.1 Å². The molecule has 4 amide bonds. The molecule has 0 bridgehead atoms. The van der Waals surface area contributed by atoms with Crippen LogP contribution in [0.15, 0.2) is 48.5 Å². The van der Waals surface area contributed by atoms with Crippen molar-refractivity contribution >= 4 is 17.8 Å². The molecule has 2 aromatic carbocycles. The maximum atomic E-state index is 14.5. The number of barbiturate groups is 1. The van der Waals surface area contributed by atoms with Crippen LogP contribution in [0.1, 0.15) is 29.9 Å². The lowest BCUT2D eigenvalue weighted by Crippen LogP contribution is -2.56. The number of carbonyl (C=O) groups excluding carboxylic acids is 3. The van der Waals surface area contributed by atoms with E-state index in [0.717, 1.165) is 24.3 Å². The number of nitrogens with zero attached hydrogens (tertiary/aromatic N) is 2. The van der Waals surface area contributed by atoms with Crippen LogP contribution in [0.5, 0.6) is 0 Å². The molecule has 0 spiro atoms. The SMILES string of the molecule is O=C1CC(=O)N(C[C@H](F)c2cccc(F)c2)C(=O)N1C[C@H](F)c1cccc(F)c1. The van der Waals surface area contributed by atoms with Crippen molar-refractivity contribution in [2.45, 2.75) is 18.8 Å². The van der Waals surface area contributed by atoms with Gasteiger partial charge in [-0.15, -0.1) is 0 Å². The topological polar surface area (TPSA) is 57.7 Å². The van der Waals surface area contributed by atoms with E-state index in [0.29, 0.717) is 9.80 Å². The number of hydrogen-bond donors (Lipinski definition) is 0. The molecule has 0 aliphatic carbocycles. The molecule has 1 saturated heterocycles. The predicted octanol–water partition coefficient (Wildman–Crippen LogP) is 3.87. The number of alkyl halides is 2. The van der Waals surface area contributed by atoms with E-state index in [2.05, 4.69) is 0 Å². The standard InChI is InChI=1S/C20H16F4N2O3/c21-14-5-1-3-12(7-14)16(23)10-25-18(27)9-19(28)26(20(25)29)11-17(24)13-4-2-6-15(22)8-13/h1-8,16-17H,9-11H2/t16-,17-/m0/s1. The Balaban J connectivity index is 1.75. The van der Waals surface area contributed by atoms with Crippen molar-refractivity contribution < 1.29 is 31.9 Å². The van der Waals surface area contributed by atoms with Crippen molar-refractivity contribution in [1.29, 1.82) is 0 Å². The molecular formula is C20H16F4N2O3. The normalized spacial score (nSPS) is 16.9. The zero-order chi connectivity index (χ0) is 21.1. The van der Waals surface area contributed by atoms with Gasteiger partial charge < -0.3 is 0 Å². The Kier molecular flexibility index (Phi) is 5.95. The molecule has 1 heterocycles. The van der Waals surface area contributed by atoms with Gasteiger partial charge in [0.2, 0.25) is 11.8 Å². The van der Waals surface area contributed by atoms with Gasteiger partial charge in [-0.25, -0.2) is 22.4 Å². The average molecular weight is 408 g/mol. The fourth-order valence-corrected chi connectivity index (χ4v) is 2.97. The number of amides is 4. The third kappa shape index (κ3) is 4.61. The number of rotatable bonds is 6. The minimum atomic E-state index is -1.89. The van der Waals surface area contributed by atoms with Gasteiger partial charge in [-0.2, -0.15) is 0 Å². The van der Waals surface area contributed by atoms with Crippen LogP contribution in [0.2, 0.25) is 0 Å². The molecule has 1 aliphatic rings. The fourth-order valence-electron chi connectivity index (χ4n) is 2.97. The summed E-state index contributed by atoms with van der Waals surface area (Å²) in [5.41, 5.74) is -0.172. The smallest absolute Gasteiger partial charge is 0.274 e. The number of halogens is 4. The first-order valence-electron chi connectivity index (χ1n) is 8.70. The minimum absolute atomic E-state index is 0.0859. The Morgan fingerprint density at radius 1 is 0.759 bits per heavy atom. The molecule has 29 heavy (non-hydrogen) atoms. The summed E-state index contributed by atoms with van der Waals surface area (Å²) in [6.45, 7) is -1.50. The van der Waals surface area contributed by atoms with Crippen LogP contribution >= 0.6 is 0 Å². The summed E-state index contributed by atoms with van der Waals surface area (Å²) in [5, 5.41) is 0. The highest BCUT2D eigenvalue weighted by Gasteiger charge is 2.40. The van der Waals surface area contributed by atoms with Crippen molar-refractivity contribution in [3.05, 3.63) is 71.3 Å². The third-order valence-electron chi connectivity index (χ3n) is 4.47. The van der Waals surface area contributed by atoms with Crippen molar-refractivity contribution in [3.63, 3.8) is 0 Å². The van der Waals surface area contributed by atoms with Crippen molar-refractivity contribution in [2.24, 2.45) is 0 Å². The molecule has 0 N–H and O–H groups in total. The van der Waals surface area contributed by atoms with Crippen LogP contribution in [-0.2, 0) is 9.59 Å². The van der Waals surface area contributed by atoms with E-state index in [1.165, 1.54) is 24.3 Å². The van der Waals surface area contributed by atoms with E-state index in [-0.39, 0.29) is 11.1 Å². The van der Waals surface area contributed by atoms with E-state index < -0.39 is 61.3 Å². The van der Waals surface area contributed by atoms with Crippen molar-refractivity contribution in [1.82, 2.24) is 9.80 Å². The summed E-state index contributed by atoms with van der Waals surface area (Å²) in [6.07, 6.45) is -4.52. The van der Waals surface area contributed by atoms with Gasteiger partial charge in [-0.1, -0.05) is 24.3 Å². The second-order valence-electron chi connectivity index (χ2n) is 6.51. The summed E-state index contributed by atoms with van der Waals surface area (Å²) in [5.74, 6) is -3.24. The van der Waals surface area contributed by atoms with Gasteiger partial charge in [0.1, 0.15) is 30.4 Å². The monoisotopic (exact) mass is 408 g/mol. The Morgan fingerprint density at radius 3 is 1.55 bits per heavy atom. The highest BCUT2D eigenvalue weighted by molar-refractivity contribution is 6.14. The quantitative estimate of drug-likeness (QED) is 0.539. The second kappa shape index (κ2) is 8.42. The van der Waals surface area contributed by atoms with Crippen LogP contribution in [0, 0.1) is 11.6 Å². The number of urea groups is 1.